The number of nitrogens with one attached hydrogen (secondary N) is 1. The second-order valence-electron chi connectivity index (χ2n) is 2.91. The largest absolute Gasteiger partial charge is 0.312 e. The first-order valence-corrected chi connectivity index (χ1v) is 5.08. The van der Waals surface area contributed by atoms with Crippen molar-refractivity contribution in [2.24, 2.45) is 0 Å². The first kappa shape index (κ1) is 8.43. The summed E-state index contributed by atoms with van der Waals surface area (Å²) in [5.74, 6) is 0. The van der Waals surface area contributed by atoms with E-state index in [1.54, 1.807) is 0 Å². The summed E-state index contributed by atoms with van der Waals surface area (Å²) in [5, 5.41) is 3.32. The average molecular weight is 273 g/mol. The van der Waals surface area contributed by atoms with Crippen LogP contribution < -0.4 is 11.0 Å². The van der Waals surface area contributed by atoms with Gasteiger partial charge in [0.2, 0.25) is 0 Å². The van der Waals surface area contributed by atoms with E-state index in [0.29, 0.717) is 0 Å². The van der Waals surface area contributed by atoms with Crippen molar-refractivity contribution in [3.63, 3.8) is 0 Å². The molecule has 0 fully saturated rings. The summed E-state index contributed by atoms with van der Waals surface area (Å²) in [6.45, 7) is 1.97. The van der Waals surface area contributed by atoms with Crippen LogP contribution in [0.25, 0.3) is 0 Å². The minimum absolute atomic E-state index is 0.889. The Morgan fingerprint density at radius 1 is 1.42 bits per heavy atom. The van der Waals surface area contributed by atoms with Gasteiger partial charge in [-0.25, -0.2) is 9.97 Å². The van der Waals surface area contributed by atoms with Gasteiger partial charge in [-0.3, -0.25) is 0 Å². The van der Waals surface area contributed by atoms with Crippen molar-refractivity contribution in [2.75, 3.05) is 6.54 Å². The number of hydrogen-bond donors (Lipinski definition) is 1. The number of fused-ring (bicyclic) bond motifs is 1. The van der Waals surface area contributed by atoms with Gasteiger partial charge < -0.3 is 5.32 Å². The Labute approximate surface area is 85.9 Å². The van der Waals surface area contributed by atoms with E-state index in [0.717, 1.165) is 28.9 Å². The van der Waals surface area contributed by atoms with Crippen LogP contribution in [0.1, 0.15) is 11.3 Å². The maximum absolute atomic E-state index is 4.42. The number of rotatable bonds is 0. The van der Waals surface area contributed by atoms with Gasteiger partial charge in [0.05, 0.1) is 5.72 Å². The van der Waals surface area contributed by atoms with Gasteiger partial charge in [-0.15, -0.1) is 0 Å². The lowest BCUT2D eigenvalue weighted by Gasteiger charge is -2.17. The molecule has 2 rings (SSSR count). The van der Waals surface area contributed by atoms with E-state index in [-0.39, 0.29) is 0 Å². The highest BCUT2D eigenvalue weighted by atomic mass is 127. The Kier molecular flexibility index (Phi) is 2.32. The van der Waals surface area contributed by atoms with Crippen molar-refractivity contribution in [1.29, 1.82) is 0 Å². The predicted octanol–water partition coefficient (Wildman–Crippen LogP) is -1.01. The molecule has 3 nitrogen and oxygen atoms in total. The van der Waals surface area contributed by atoms with Crippen molar-refractivity contribution in [3.8, 4) is 0 Å². The highest BCUT2D eigenvalue weighted by Gasteiger charge is 2.13. The molecular weight excluding hydrogens is 264 g/mol. The number of halogens is 1. The molecule has 0 bridgehead atoms. The van der Waals surface area contributed by atoms with Crippen LogP contribution in [0.2, 0.25) is 0 Å². The molecule has 0 amide bonds. The minimum Gasteiger partial charge on any atom is -0.312 e. The van der Waals surface area contributed by atoms with Crippen LogP contribution in [0.4, 0.5) is 0 Å². The van der Waals surface area contributed by atoms with Gasteiger partial charge in [0, 0.05) is 30.8 Å². The Hall–Kier alpha value is -0.165. The molecule has 1 aliphatic heterocycles. The third-order valence-electron chi connectivity index (χ3n) is 1.99. The first-order chi connectivity index (χ1) is 5.77. The fraction of sp³-hybridized carbons (Fsp3) is 0.429. The highest BCUT2D eigenvalue weighted by molar-refractivity contribution is 14.1. The standard InChI is InChI=1S/C7H9BIN3/c8-7-11-5-1-2-10-3-4(5)6(9)12-7/h10H,1-3,8H2. The smallest absolute Gasteiger partial charge is 0.189 e. The van der Waals surface area contributed by atoms with Gasteiger partial charge in [0.1, 0.15) is 3.70 Å². The van der Waals surface area contributed by atoms with E-state index >= 15 is 0 Å². The molecule has 0 saturated carbocycles. The molecule has 62 valence electrons. The molecule has 1 N–H and O–H groups in total. The molecule has 12 heavy (non-hydrogen) atoms. The number of aromatic nitrogens is 2. The topological polar surface area (TPSA) is 37.8 Å². The van der Waals surface area contributed by atoms with Crippen molar-refractivity contribution in [2.45, 2.75) is 13.0 Å². The number of nitrogens with zero attached hydrogens (tertiary/aromatic N) is 2. The average Bonchev–Trinajstić information content (AvgIpc) is 2.04. The normalized spacial score (nSPS) is 15.8. The lowest BCUT2D eigenvalue weighted by molar-refractivity contribution is 0.624. The van der Waals surface area contributed by atoms with Gasteiger partial charge in [0.15, 0.2) is 7.85 Å². The maximum Gasteiger partial charge on any atom is 0.189 e. The summed E-state index contributed by atoms with van der Waals surface area (Å²) in [7, 11) is 1.95. The van der Waals surface area contributed by atoms with Crippen LogP contribution in [-0.4, -0.2) is 24.4 Å². The summed E-state index contributed by atoms with van der Waals surface area (Å²) < 4.78 is 1.10. The van der Waals surface area contributed by atoms with Crippen LogP contribution in [0, 0.1) is 3.70 Å². The number of hydrogen-bond acceptors (Lipinski definition) is 3. The molecule has 0 spiro atoms. The summed E-state index contributed by atoms with van der Waals surface area (Å²) in [6, 6.07) is 0. The Morgan fingerprint density at radius 2 is 2.25 bits per heavy atom. The van der Waals surface area contributed by atoms with Crippen LogP contribution in [0.5, 0.6) is 0 Å². The van der Waals surface area contributed by atoms with E-state index in [9.17, 15) is 0 Å². The molecule has 2 heterocycles. The SMILES string of the molecule is Bc1nc(I)c2c(n1)CCNC2. The lowest BCUT2D eigenvalue weighted by atomic mass is 10.1. The van der Waals surface area contributed by atoms with Gasteiger partial charge in [-0.05, 0) is 22.6 Å². The molecule has 0 atom stereocenters. The molecule has 0 aromatic carbocycles. The molecule has 1 aromatic rings. The Morgan fingerprint density at radius 3 is 3.08 bits per heavy atom. The van der Waals surface area contributed by atoms with Crippen molar-refractivity contribution in [3.05, 3.63) is 15.0 Å². The van der Waals surface area contributed by atoms with Crippen LogP contribution in [-0.2, 0) is 13.0 Å². The molecule has 5 heteroatoms. The zero-order chi connectivity index (χ0) is 8.55. The van der Waals surface area contributed by atoms with Gasteiger partial charge in [-0.2, -0.15) is 0 Å². The maximum atomic E-state index is 4.42. The van der Waals surface area contributed by atoms with Crippen LogP contribution >= 0.6 is 22.6 Å². The Balaban J connectivity index is 2.53. The van der Waals surface area contributed by atoms with E-state index < -0.39 is 0 Å². The van der Waals surface area contributed by atoms with E-state index in [1.807, 2.05) is 7.85 Å². The van der Waals surface area contributed by atoms with E-state index in [2.05, 4.69) is 37.9 Å². The molecule has 0 aliphatic carbocycles. The summed E-state index contributed by atoms with van der Waals surface area (Å²) in [4.78, 5) is 8.74. The fourth-order valence-electron chi connectivity index (χ4n) is 1.42. The first-order valence-electron chi connectivity index (χ1n) is 4.00. The highest BCUT2D eigenvalue weighted by Crippen LogP contribution is 2.14. The van der Waals surface area contributed by atoms with E-state index in [4.69, 9.17) is 0 Å². The van der Waals surface area contributed by atoms with Crippen LogP contribution in [0.15, 0.2) is 0 Å². The van der Waals surface area contributed by atoms with Crippen molar-refractivity contribution >= 4 is 36.2 Å². The lowest BCUT2D eigenvalue weighted by Crippen LogP contribution is -2.30. The minimum atomic E-state index is 0.889. The third-order valence-corrected chi connectivity index (χ3v) is 2.89. The van der Waals surface area contributed by atoms with Crippen LogP contribution in [0.3, 0.4) is 0 Å². The van der Waals surface area contributed by atoms with E-state index in [1.165, 1.54) is 11.3 Å². The summed E-state index contributed by atoms with van der Waals surface area (Å²) in [6.07, 6.45) is 1.04. The molecular formula is C7H9BIN3. The van der Waals surface area contributed by atoms with Gasteiger partial charge in [-0.1, -0.05) is 0 Å². The van der Waals surface area contributed by atoms with Gasteiger partial charge >= 0.3 is 0 Å². The summed E-state index contributed by atoms with van der Waals surface area (Å²) in [5.41, 5.74) is 3.40. The zero-order valence-corrected chi connectivity index (χ0v) is 9.05. The quantitative estimate of drug-likeness (QED) is 0.374. The molecule has 0 unspecified atom stereocenters. The summed E-state index contributed by atoms with van der Waals surface area (Å²) >= 11 is 2.28. The zero-order valence-electron chi connectivity index (χ0n) is 6.89. The second kappa shape index (κ2) is 3.29. The second-order valence-corrected chi connectivity index (χ2v) is 3.94. The van der Waals surface area contributed by atoms with Crippen molar-refractivity contribution < 1.29 is 0 Å². The monoisotopic (exact) mass is 273 g/mol. The fourth-order valence-corrected chi connectivity index (χ4v) is 2.27. The molecule has 0 radical (unpaired) electrons. The Bertz CT molecular complexity index is 316. The molecule has 1 aliphatic rings. The van der Waals surface area contributed by atoms with Gasteiger partial charge in [0.25, 0.3) is 0 Å². The molecule has 1 aromatic heterocycles. The predicted molar refractivity (Wildman–Crippen MR) is 58.3 cm³/mol. The molecule has 0 saturated heterocycles. The third kappa shape index (κ3) is 1.47. The van der Waals surface area contributed by atoms with Crippen molar-refractivity contribution in [1.82, 2.24) is 15.3 Å².